The highest BCUT2D eigenvalue weighted by Gasteiger charge is 2.36. The van der Waals surface area contributed by atoms with E-state index in [1.54, 1.807) is 17.0 Å². The minimum Gasteiger partial charge on any atom is -0.337 e. The zero-order valence-corrected chi connectivity index (χ0v) is 16.2. The molecule has 1 fully saturated rings. The molecule has 0 saturated carbocycles. The van der Waals surface area contributed by atoms with Crippen LogP contribution in [-0.2, 0) is 11.3 Å². The molecular formula is C20H17BrFN3O2. The summed E-state index contributed by atoms with van der Waals surface area (Å²) in [7, 11) is 0. The maximum Gasteiger partial charge on any atom is 0.249 e. The summed E-state index contributed by atoms with van der Waals surface area (Å²) in [6.45, 7) is 2.53. The van der Waals surface area contributed by atoms with E-state index in [9.17, 15) is 9.18 Å². The van der Waals surface area contributed by atoms with Gasteiger partial charge in [0.2, 0.25) is 17.6 Å². The number of aromatic nitrogens is 2. The molecule has 0 aliphatic carbocycles. The van der Waals surface area contributed by atoms with Crippen LogP contribution < -0.4 is 0 Å². The van der Waals surface area contributed by atoms with E-state index >= 15 is 0 Å². The van der Waals surface area contributed by atoms with Crippen LogP contribution in [0.1, 0.15) is 35.9 Å². The van der Waals surface area contributed by atoms with Gasteiger partial charge < -0.3 is 9.42 Å². The first kappa shape index (κ1) is 17.9. The van der Waals surface area contributed by atoms with E-state index in [-0.39, 0.29) is 17.8 Å². The van der Waals surface area contributed by atoms with Gasteiger partial charge in [-0.3, -0.25) is 4.79 Å². The Morgan fingerprint density at radius 2 is 2.04 bits per heavy atom. The standard InChI is InChI=1S/C20H17BrFN3O2/c1-12-2-4-13(5-3-12)11-25-17(8-9-18(25)26)20-23-19(24-27-20)14-6-7-16(22)15(21)10-14/h2-7,10,17H,8-9,11H2,1H3. The Balaban J connectivity index is 1.58. The molecule has 0 N–H and O–H groups in total. The van der Waals surface area contributed by atoms with Crippen LogP contribution in [0.4, 0.5) is 4.39 Å². The third-order valence-corrected chi connectivity index (χ3v) is 5.31. The lowest BCUT2D eigenvalue weighted by molar-refractivity contribution is -0.129. The first-order chi connectivity index (χ1) is 13.0. The zero-order chi connectivity index (χ0) is 19.0. The second-order valence-electron chi connectivity index (χ2n) is 6.65. The molecule has 2 heterocycles. The number of rotatable bonds is 4. The van der Waals surface area contributed by atoms with Gasteiger partial charge in [0.25, 0.3) is 0 Å². The number of aryl methyl sites for hydroxylation is 1. The largest absolute Gasteiger partial charge is 0.337 e. The number of halogens is 2. The van der Waals surface area contributed by atoms with Crippen LogP contribution in [0.5, 0.6) is 0 Å². The highest BCUT2D eigenvalue weighted by atomic mass is 79.9. The third kappa shape index (κ3) is 3.64. The predicted molar refractivity (Wildman–Crippen MR) is 101 cm³/mol. The molecule has 1 aliphatic heterocycles. The SMILES string of the molecule is Cc1ccc(CN2C(=O)CCC2c2nc(-c3ccc(F)c(Br)c3)no2)cc1. The van der Waals surface area contributed by atoms with Gasteiger partial charge in [-0.05, 0) is 53.0 Å². The molecule has 0 radical (unpaired) electrons. The molecule has 7 heteroatoms. The van der Waals surface area contributed by atoms with Gasteiger partial charge >= 0.3 is 0 Å². The maximum absolute atomic E-state index is 13.4. The summed E-state index contributed by atoms with van der Waals surface area (Å²) in [6, 6.07) is 12.4. The Morgan fingerprint density at radius 3 is 2.78 bits per heavy atom. The highest BCUT2D eigenvalue weighted by Crippen LogP contribution is 2.34. The highest BCUT2D eigenvalue weighted by molar-refractivity contribution is 9.10. The molecule has 1 saturated heterocycles. The summed E-state index contributed by atoms with van der Waals surface area (Å²) in [5, 5.41) is 4.01. The van der Waals surface area contributed by atoms with E-state index in [2.05, 4.69) is 26.1 Å². The molecule has 1 amide bonds. The zero-order valence-electron chi connectivity index (χ0n) is 14.7. The van der Waals surface area contributed by atoms with Crippen LogP contribution in [0, 0.1) is 12.7 Å². The number of benzene rings is 2. The molecule has 4 rings (SSSR count). The van der Waals surface area contributed by atoms with Gasteiger partial charge in [0.1, 0.15) is 11.9 Å². The second kappa shape index (κ2) is 7.23. The summed E-state index contributed by atoms with van der Waals surface area (Å²) in [6.07, 6.45) is 1.09. The third-order valence-electron chi connectivity index (χ3n) is 4.71. The van der Waals surface area contributed by atoms with E-state index in [0.717, 1.165) is 5.56 Å². The number of hydrogen-bond donors (Lipinski definition) is 0. The fourth-order valence-corrected chi connectivity index (χ4v) is 3.58. The molecule has 0 bridgehead atoms. The molecule has 5 nitrogen and oxygen atoms in total. The van der Waals surface area contributed by atoms with Crippen molar-refractivity contribution in [3.8, 4) is 11.4 Å². The second-order valence-corrected chi connectivity index (χ2v) is 7.50. The van der Waals surface area contributed by atoms with Crippen LogP contribution in [0.2, 0.25) is 0 Å². The lowest BCUT2D eigenvalue weighted by Gasteiger charge is -2.22. The number of hydrogen-bond acceptors (Lipinski definition) is 4. The monoisotopic (exact) mass is 429 g/mol. The Bertz CT molecular complexity index is 987. The molecule has 1 unspecified atom stereocenters. The van der Waals surface area contributed by atoms with Gasteiger partial charge in [-0.15, -0.1) is 0 Å². The normalized spacial score (nSPS) is 16.9. The molecule has 1 aliphatic rings. The average molecular weight is 430 g/mol. The molecular weight excluding hydrogens is 413 g/mol. The Labute approximate surface area is 164 Å². The van der Waals surface area contributed by atoms with E-state index in [0.29, 0.717) is 41.1 Å². The maximum atomic E-state index is 13.4. The smallest absolute Gasteiger partial charge is 0.249 e. The van der Waals surface area contributed by atoms with E-state index < -0.39 is 0 Å². The van der Waals surface area contributed by atoms with Gasteiger partial charge in [-0.2, -0.15) is 4.98 Å². The van der Waals surface area contributed by atoms with Crippen molar-refractivity contribution < 1.29 is 13.7 Å². The first-order valence-corrected chi connectivity index (χ1v) is 9.44. The minimum atomic E-state index is -0.354. The number of carbonyl (C=O) groups excluding carboxylic acids is 1. The van der Waals surface area contributed by atoms with Crippen LogP contribution in [-0.4, -0.2) is 20.9 Å². The van der Waals surface area contributed by atoms with Gasteiger partial charge in [0.15, 0.2) is 0 Å². The summed E-state index contributed by atoms with van der Waals surface area (Å²) in [4.78, 5) is 18.6. The lowest BCUT2D eigenvalue weighted by Crippen LogP contribution is -2.27. The fourth-order valence-electron chi connectivity index (χ4n) is 3.20. The minimum absolute atomic E-state index is 0.0739. The number of nitrogens with zero attached hydrogens (tertiary/aromatic N) is 3. The Morgan fingerprint density at radius 1 is 1.26 bits per heavy atom. The molecule has 3 aromatic rings. The molecule has 1 aromatic heterocycles. The summed E-state index contributed by atoms with van der Waals surface area (Å²) >= 11 is 3.16. The number of likely N-dealkylation sites (tertiary alicyclic amines) is 1. The van der Waals surface area contributed by atoms with Crippen LogP contribution in [0.3, 0.4) is 0 Å². The van der Waals surface area contributed by atoms with Crippen molar-refractivity contribution in [2.45, 2.75) is 32.4 Å². The summed E-state index contributed by atoms with van der Waals surface area (Å²) < 4.78 is 19.2. The lowest BCUT2D eigenvalue weighted by atomic mass is 10.1. The van der Waals surface area contributed by atoms with Gasteiger partial charge in [0.05, 0.1) is 4.47 Å². The van der Waals surface area contributed by atoms with Crippen molar-refractivity contribution in [3.63, 3.8) is 0 Å². The van der Waals surface area contributed by atoms with Crippen molar-refractivity contribution >= 4 is 21.8 Å². The van der Waals surface area contributed by atoms with Gasteiger partial charge in [-0.25, -0.2) is 4.39 Å². The predicted octanol–water partition coefficient (Wildman–Crippen LogP) is 4.81. The van der Waals surface area contributed by atoms with Crippen LogP contribution in [0.15, 0.2) is 51.5 Å². The van der Waals surface area contributed by atoms with Crippen molar-refractivity contribution in [1.29, 1.82) is 0 Å². The first-order valence-electron chi connectivity index (χ1n) is 8.65. The van der Waals surface area contributed by atoms with Crippen molar-refractivity contribution in [3.05, 3.63) is 69.8 Å². The van der Waals surface area contributed by atoms with E-state index in [1.807, 2.05) is 31.2 Å². The summed E-state index contributed by atoms with van der Waals surface area (Å²) in [5.41, 5.74) is 2.88. The molecule has 2 aromatic carbocycles. The van der Waals surface area contributed by atoms with Crippen molar-refractivity contribution in [2.75, 3.05) is 0 Å². The average Bonchev–Trinajstić information content (AvgIpc) is 3.27. The number of carbonyl (C=O) groups is 1. The molecule has 0 spiro atoms. The van der Waals surface area contributed by atoms with Crippen molar-refractivity contribution in [2.24, 2.45) is 0 Å². The fraction of sp³-hybridized carbons (Fsp3) is 0.250. The summed E-state index contributed by atoms with van der Waals surface area (Å²) in [5.74, 6) is 0.502. The van der Waals surface area contributed by atoms with Crippen LogP contribution >= 0.6 is 15.9 Å². The van der Waals surface area contributed by atoms with Crippen molar-refractivity contribution in [1.82, 2.24) is 15.0 Å². The van der Waals surface area contributed by atoms with E-state index in [1.165, 1.54) is 11.6 Å². The van der Waals surface area contributed by atoms with Gasteiger partial charge in [-0.1, -0.05) is 35.0 Å². The Hall–Kier alpha value is -2.54. The Kier molecular flexibility index (Phi) is 4.78. The molecule has 138 valence electrons. The number of amides is 1. The quantitative estimate of drug-likeness (QED) is 0.596. The van der Waals surface area contributed by atoms with Gasteiger partial charge in [0, 0.05) is 18.5 Å². The van der Waals surface area contributed by atoms with Crippen LogP contribution in [0.25, 0.3) is 11.4 Å². The molecule has 27 heavy (non-hydrogen) atoms. The molecule has 1 atom stereocenters. The van der Waals surface area contributed by atoms with E-state index in [4.69, 9.17) is 4.52 Å². The topological polar surface area (TPSA) is 59.2 Å².